The summed E-state index contributed by atoms with van der Waals surface area (Å²) in [5.74, 6) is 0.426. The van der Waals surface area contributed by atoms with E-state index in [0.29, 0.717) is 12.0 Å². The highest BCUT2D eigenvalue weighted by Gasteiger charge is 2.39. The molecule has 0 spiro atoms. The maximum Gasteiger partial charge on any atom is 0.417 e. The number of amides is 1. The minimum Gasteiger partial charge on any atom is -0.350 e. The average Bonchev–Trinajstić information content (AvgIpc) is 2.93. The van der Waals surface area contributed by atoms with Crippen LogP contribution < -0.4 is 10.2 Å². The largest absolute Gasteiger partial charge is 0.417 e. The molecule has 2 aromatic rings. The Morgan fingerprint density at radius 3 is 2.52 bits per heavy atom. The van der Waals surface area contributed by atoms with E-state index in [1.807, 2.05) is 6.26 Å². The van der Waals surface area contributed by atoms with Gasteiger partial charge in [0.05, 0.1) is 11.3 Å². The van der Waals surface area contributed by atoms with Gasteiger partial charge >= 0.3 is 6.18 Å². The van der Waals surface area contributed by atoms with Crippen molar-refractivity contribution >= 4 is 40.7 Å². The Bertz CT molecular complexity index is 856. The summed E-state index contributed by atoms with van der Waals surface area (Å²) in [5.41, 5.74) is -0.149. The number of anilines is 1. The van der Waals surface area contributed by atoms with Crippen molar-refractivity contribution in [2.45, 2.75) is 18.6 Å². The molecule has 1 N–H and O–H groups in total. The number of halogens is 3. The maximum absolute atomic E-state index is 13.7. The molecule has 1 atom stereocenters. The Morgan fingerprint density at radius 2 is 1.89 bits per heavy atom. The zero-order valence-corrected chi connectivity index (χ0v) is 16.0. The zero-order valence-electron chi connectivity index (χ0n) is 14.4. The SMILES string of the molecule is CSCC[C@H]1NC(=S)N(c2ccc(-c3ccccc3)c(C(F)(F)F)c2)C1=O. The van der Waals surface area contributed by atoms with Gasteiger partial charge in [-0.1, -0.05) is 36.4 Å². The third-order valence-corrected chi connectivity index (χ3v) is 5.23. The standard InChI is InChI=1S/C19H17F3N2OS2/c1-27-10-9-16-17(25)24(18(26)23-16)13-7-8-14(12-5-3-2-4-6-12)15(11-13)19(20,21)22/h2-8,11,16H,9-10H2,1H3,(H,23,26)/t16-/m1/s1. The summed E-state index contributed by atoms with van der Waals surface area (Å²) in [6.45, 7) is 0. The van der Waals surface area contributed by atoms with Crippen molar-refractivity contribution in [3.8, 4) is 11.1 Å². The van der Waals surface area contributed by atoms with Gasteiger partial charge in [-0.05, 0) is 53.9 Å². The van der Waals surface area contributed by atoms with Crippen LogP contribution in [0.2, 0.25) is 0 Å². The second-order valence-electron chi connectivity index (χ2n) is 6.05. The molecule has 8 heteroatoms. The lowest BCUT2D eigenvalue weighted by molar-refractivity contribution is -0.137. The fourth-order valence-corrected chi connectivity index (χ4v) is 3.79. The molecule has 0 bridgehead atoms. The minimum atomic E-state index is -4.56. The number of thioether (sulfide) groups is 1. The van der Waals surface area contributed by atoms with E-state index >= 15 is 0 Å². The summed E-state index contributed by atoms with van der Waals surface area (Å²) in [6, 6.07) is 11.7. The summed E-state index contributed by atoms with van der Waals surface area (Å²) in [7, 11) is 0. The van der Waals surface area contributed by atoms with Gasteiger partial charge in [0.15, 0.2) is 5.11 Å². The molecule has 0 unspecified atom stereocenters. The molecular formula is C19H17F3N2OS2. The molecule has 1 fully saturated rings. The maximum atomic E-state index is 13.7. The van der Waals surface area contributed by atoms with Crippen molar-refractivity contribution in [3.05, 3.63) is 54.1 Å². The van der Waals surface area contributed by atoms with Crippen LogP contribution in [0.1, 0.15) is 12.0 Å². The van der Waals surface area contributed by atoms with Gasteiger partial charge in [0, 0.05) is 0 Å². The molecule has 0 aliphatic carbocycles. The first-order valence-corrected chi connectivity index (χ1v) is 10.0. The van der Waals surface area contributed by atoms with Gasteiger partial charge in [0.2, 0.25) is 0 Å². The van der Waals surface area contributed by atoms with Crippen LogP contribution >= 0.6 is 24.0 Å². The van der Waals surface area contributed by atoms with Crippen molar-refractivity contribution < 1.29 is 18.0 Å². The Labute approximate surface area is 164 Å². The molecule has 3 rings (SSSR count). The predicted molar refractivity (Wildman–Crippen MR) is 107 cm³/mol. The van der Waals surface area contributed by atoms with Crippen molar-refractivity contribution in [2.75, 3.05) is 16.9 Å². The van der Waals surface area contributed by atoms with Gasteiger partial charge in [0.1, 0.15) is 6.04 Å². The number of carbonyl (C=O) groups excluding carboxylic acids is 1. The lowest BCUT2D eigenvalue weighted by Crippen LogP contribution is -2.31. The number of thiocarbonyl (C=S) groups is 1. The van der Waals surface area contributed by atoms with Crippen LogP contribution in [0.15, 0.2) is 48.5 Å². The molecule has 1 amide bonds. The molecule has 142 valence electrons. The van der Waals surface area contributed by atoms with Crippen LogP contribution in [0.4, 0.5) is 18.9 Å². The Kier molecular flexibility index (Phi) is 5.76. The van der Waals surface area contributed by atoms with Crippen LogP contribution in [0.5, 0.6) is 0 Å². The minimum absolute atomic E-state index is 0.0660. The summed E-state index contributed by atoms with van der Waals surface area (Å²) < 4.78 is 41.1. The van der Waals surface area contributed by atoms with Crippen LogP contribution in [0, 0.1) is 0 Å². The highest BCUT2D eigenvalue weighted by atomic mass is 32.2. The number of nitrogens with zero attached hydrogens (tertiary/aromatic N) is 1. The number of rotatable bonds is 5. The molecular weight excluding hydrogens is 393 g/mol. The molecule has 3 nitrogen and oxygen atoms in total. The number of alkyl halides is 3. The topological polar surface area (TPSA) is 32.3 Å². The monoisotopic (exact) mass is 410 g/mol. The van der Waals surface area contributed by atoms with Gasteiger partial charge in [-0.15, -0.1) is 0 Å². The quantitative estimate of drug-likeness (QED) is 0.724. The van der Waals surface area contributed by atoms with Crippen molar-refractivity contribution in [3.63, 3.8) is 0 Å². The van der Waals surface area contributed by atoms with Crippen molar-refractivity contribution in [1.29, 1.82) is 0 Å². The van der Waals surface area contributed by atoms with E-state index in [1.54, 1.807) is 42.1 Å². The highest BCUT2D eigenvalue weighted by Crippen LogP contribution is 2.39. The van der Waals surface area contributed by atoms with Gasteiger partial charge in [0.25, 0.3) is 5.91 Å². The van der Waals surface area contributed by atoms with E-state index < -0.39 is 17.8 Å². The van der Waals surface area contributed by atoms with Gasteiger partial charge in [-0.25, -0.2) is 0 Å². The fourth-order valence-electron chi connectivity index (χ4n) is 2.98. The number of hydrogen-bond acceptors (Lipinski definition) is 3. The zero-order chi connectivity index (χ0) is 19.6. The number of carbonyl (C=O) groups is 1. The summed E-state index contributed by atoms with van der Waals surface area (Å²) in [5, 5.41) is 3.04. The Balaban J connectivity index is 2.00. The first kappa shape index (κ1) is 19.7. The van der Waals surface area contributed by atoms with Gasteiger partial charge < -0.3 is 5.32 Å². The predicted octanol–water partition coefficient (Wildman–Crippen LogP) is 4.72. The first-order chi connectivity index (χ1) is 12.8. The number of benzene rings is 2. The second-order valence-corrected chi connectivity index (χ2v) is 7.42. The van der Waals surface area contributed by atoms with Crippen LogP contribution in [0.3, 0.4) is 0 Å². The molecule has 0 saturated carbocycles. The molecule has 2 aromatic carbocycles. The second kappa shape index (κ2) is 7.90. The summed E-state index contributed by atoms with van der Waals surface area (Å²) in [4.78, 5) is 13.8. The van der Waals surface area contributed by atoms with E-state index in [0.717, 1.165) is 16.7 Å². The third-order valence-electron chi connectivity index (χ3n) is 4.28. The van der Waals surface area contributed by atoms with E-state index in [2.05, 4.69) is 5.32 Å². The number of nitrogens with one attached hydrogen (secondary N) is 1. The van der Waals surface area contributed by atoms with Crippen LogP contribution in [-0.2, 0) is 11.0 Å². The van der Waals surface area contributed by atoms with Gasteiger partial charge in [-0.2, -0.15) is 24.9 Å². The average molecular weight is 410 g/mol. The van der Waals surface area contributed by atoms with Crippen LogP contribution in [0.25, 0.3) is 11.1 Å². The van der Waals surface area contributed by atoms with Crippen LogP contribution in [-0.4, -0.2) is 29.1 Å². The van der Waals surface area contributed by atoms with Gasteiger partial charge in [-0.3, -0.25) is 9.69 Å². The van der Waals surface area contributed by atoms with Crippen molar-refractivity contribution in [2.24, 2.45) is 0 Å². The van der Waals surface area contributed by atoms with Crippen molar-refractivity contribution in [1.82, 2.24) is 5.32 Å². The molecule has 27 heavy (non-hydrogen) atoms. The molecule has 0 aromatic heterocycles. The lowest BCUT2D eigenvalue weighted by atomic mass is 9.98. The molecule has 1 saturated heterocycles. The Morgan fingerprint density at radius 1 is 1.19 bits per heavy atom. The molecule has 1 aliphatic rings. The summed E-state index contributed by atoms with van der Waals surface area (Å²) in [6.07, 6.45) is -2.07. The third kappa shape index (κ3) is 4.11. The highest BCUT2D eigenvalue weighted by molar-refractivity contribution is 7.98. The smallest absolute Gasteiger partial charge is 0.350 e. The van der Waals surface area contributed by atoms with E-state index in [-0.39, 0.29) is 22.3 Å². The van der Waals surface area contributed by atoms with E-state index in [9.17, 15) is 18.0 Å². The fraction of sp³-hybridized carbons (Fsp3) is 0.263. The molecule has 1 aliphatic heterocycles. The Hall–Kier alpha value is -2.06. The first-order valence-electron chi connectivity index (χ1n) is 8.23. The molecule has 0 radical (unpaired) electrons. The van der Waals surface area contributed by atoms with E-state index in [1.165, 1.54) is 12.1 Å². The van der Waals surface area contributed by atoms with E-state index in [4.69, 9.17) is 12.2 Å². The number of hydrogen-bond donors (Lipinski definition) is 1. The molecule has 1 heterocycles. The lowest BCUT2D eigenvalue weighted by Gasteiger charge is -2.19. The summed E-state index contributed by atoms with van der Waals surface area (Å²) >= 11 is 6.79. The normalized spacial score (nSPS) is 17.3.